The fourth-order valence-electron chi connectivity index (χ4n) is 5.00. The SMILES string of the molecule is CC[C@H]1Cc2c(F)cc(C(=O)NO)cc2CN1CC12CC1CCN2C. The van der Waals surface area contributed by atoms with Gasteiger partial charge in [-0.05, 0) is 68.5 Å². The van der Waals surface area contributed by atoms with Crippen molar-refractivity contribution in [3.63, 3.8) is 0 Å². The lowest BCUT2D eigenvalue weighted by molar-refractivity contribution is 0.0704. The Balaban J connectivity index is 1.61. The average molecular weight is 347 g/mol. The van der Waals surface area contributed by atoms with Crippen molar-refractivity contribution in [2.75, 3.05) is 20.1 Å². The van der Waals surface area contributed by atoms with Crippen molar-refractivity contribution in [1.29, 1.82) is 0 Å². The number of hydrogen-bond donors (Lipinski definition) is 2. The van der Waals surface area contributed by atoms with Gasteiger partial charge in [0.15, 0.2) is 0 Å². The van der Waals surface area contributed by atoms with Gasteiger partial charge in [-0.15, -0.1) is 0 Å². The standard InChI is InChI=1S/C19H26FN3O2/c1-3-15-8-16-13(6-12(7-17(16)20)18(24)21-25)10-23(15)11-19-9-14(19)4-5-22(19)2/h6-7,14-15,25H,3-5,8-11H2,1-2H3,(H,21,24)/t14?,15-,19?/m0/s1. The van der Waals surface area contributed by atoms with Gasteiger partial charge >= 0.3 is 0 Å². The van der Waals surface area contributed by atoms with Gasteiger partial charge in [0.2, 0.25) is 0 Å². The number of benzene rings is 1. The highest BCUT2D eigenvalue weighted by molar-refractivity contribution is 5.93. The number of piperidine rings is 1. The number of hydroxylamine groups is 1. The van der Waals surface area contributed by atoms with E-state index in [-0.39, 0.29) is 11.4 Å². The van der Waals surface area contributed by atoms with E-state index >= 15 is 0 Å². The Hall–Kier alpha value is -1.50. The van der Waals surface area contributed by atoms with Crippen LogP contribution in [0.4, 0.5) is 4.39 Å². The van der Waals surface area contributed by atoms with Crippen LogP contribution in [0.5, 0.6) is 0 Å². The van der Waals surface area contributed by atoms with E-state index in [0.29, 0.717) is 24.5 Å². The molecule has 1 aliphatic carbocycles. The summed E-state index contributed by atoms with van der Waals surface area (Å²) < 4.78 is 14.5. The van der Waals surface area contributed by atoms with Crippen LogP contribution in [0.2, 0.25) is 0 Å². The Morgan fingerprint density at radius 2 is 2.28 bits per heavy atom. The number of likely N-dealkylation sites (tertiary alicyclic amines) is 1. The van der Waals surface area contributed by atoms with Crippen LogP contribution in [-0.2, 0) is 13.0 Å². The van der Waals surface area contributed by atoms with Gasteiger partial charge in [-0.2, -0.15) is 0 Å². The molecule has 1 aromatic rings. The molecule has 5 nitrogen and oxygen atoms in total. The fraction of sp³-hybridized carbons (Fsp3) is 0.632. The summed E-state index contributed by atoms with van der Waals surface area (Å²) in [4.78, 5) is 16.7. The first-order chi connectivity index (χ1) is 12.0. The minimum absolute atomic E-state index is 0.175. The van der Waals surface area contributed by atoms with Crippen molar-refractivity contribution in [1.82, 2.24) is 15.3 Å². The Morgan fingerprint density at radius 3 is 2.88 bits per heavy atom. The predicted octanol–water partition coefficient (Wildman–Crippen LogP) is 2.18. The van der Waals surface area contributed by atoms with Crippen LogP contribution in [0.15, 0.2) is 12.1 Å². The van der Waals surface area contributed by atoms with Gasteiger partial charge in [0.25, 0.3) is 5.91 Å². The number of likely N-dealkylation sites (N-methyl/N-ethyl adjacent to an activating group) is 1. The number of nitrogens with zero attached hydrogens (tertiary/aromatic N) is 2. The van der Waals surface area contributed by atoms with Crippen LogP contribution >= 0.6 is 0 Å². The average Bonchev–Trinajstić information content (AvgIpc) is 3.24. The maximum atomic E-state index is 14.5. The summed E-state index contributed by atoms with van der Waals surface area (Å²) in [5.74, 6) is -0.198. The summed E-state index contributed by atoms with van der Waals surface area (Å²) in [6.07, 6.45) is 4.23. The number of fused-ring (bicyclic) bond motifs is 2. The van der Waals surface area contributed by atoms with E-state index in [0.717, 1.165) is 30.0 Å². The van der Waals surface area contributed by atoms with Crippen LogP contribution in [-0.4, -0.2) is 52.6 Å². The Labute approximate surface area is 147 Å². The normalized spacial score (nSPS) is 31.5. The molecule has 1 amide bonds. The smallest absolute Gasteiger partial charge is 0.274 e. The summed E-state index contributed by atoms with van der Waals surface area (Å²) in [6.45, 7) is 5.01. The summed E-state index contributed by atoms with van der Waals surface area (Å²) in [6, 6.07) is 3.29. The summed E-state index contributed by atoms with van der Waals surface area (Å²) >= 11 is 0. The number of hydrogen-bond acceptors (Lipinski definition) is 4. The predicted molar refractivity (Wildman–Crippen MR) is 91.9 cm³/mol. The maximum absolute atomic E-state index is 14.5. The number of carbonyl (C=O) groups excluding carboxylic acids is 1. The van der Waals surface area contributed by atoms with Gasteiger partial charge in [-0.1, -0.05) is 6.92 Å². The molecule has 3 aliphatic rings. The minimum Gasteiger partial charge on any atom is -0.299 e. The Bertz CT molecular complexity index is 710. The van der Waals surface area contributed by atoms with E-state index in [2.05, 4.69) is 23.8 Å². The molecular weight excluding hydrogens is 321 g/mol. The highest BCUT2D eigenvalue weighted by Crippen LogP contribution is 2.55. The van der Waals surface area contributed by atoms with E-state index in [4.69, 9.17) is 5.21 Å². The van der Waals surface area contributed by atoms with Crippen molar-refractivity contribution in [3.8, 4) is 0 Å². The summed E-state index contributed by atoms with van der Waals surface area (Å²) in [5, 5.41) is 8.84. The molecule has 1 saturated heterocycles. The molecule has 3 atom stereocenters. The van der Waals surface area contributed by atoms with Gasteiger partial charge in [0, 0.05) is 30.2 Å². The van der Waals surface area contributed by atoms with Gasteiger partial charge < -0.3 is 0 Å². The van der Waals surface area contributed by atoms with Crippen molar-refractivity contribution in [2.45, 2.75) is 50.7 Å². The van der Waals surface area contributed by atoms with Gasteiger partial charge in [0.05, 0.1) is 0 Å². The topological polar surface area (TPSA) is 55.8 Å². The number of carbonyl (C=O) groups is 1. The monoisotopic (exact) mass is 347 g/mol. The second kappa shape index (κ2) is 6.04. The van der Waals surface area contributed by atoms with Gasteiger partial charge in [-0.3, -0.25) is 19.8 Å². The molecule has 0 aromatic heterocycles. The van der Waals surface area contributed by atoms with Crippen LogP contribution in [0, 0.1) is 11.7 Å². The number of amides is 1. The molecule has 2 aliphatic heterocycles. The zero-order valence-corrected chi connectivity index (χ0v) is 14.9. The molecule has 1 saturated carbocycles. The van der Waals surface area contributed by atoms with Crippen LogP contribution < -0.4 is 5.48 Å². The molecule has 2 heterocycles. The first-order valence-electron chi connectivity index (χ1n) is 9.19. The zero-order chi connectivity index (χ0) is 17.8. The van der Waals surface area contributed by atoms with E-state index in [1.54, 1.807) is 11.5 Å². The first-order valence-corrected chi connectivity index (χ1v) is 9.19. The van der Waals surface area contributed by atoms with Crippen LogP contribution in [0.25, 0.3) is 0 Å². The van der Waals surface area contributed by atoms with Gasteiger partial charge in [-0.25, -0.2) is 9.87 Å². The lowest BCUT2D eigenvalue weighted by Gasteiger charge is -2.40. The Morgan fingerprint density at radius 1 is 1.48 bits per heavy atom. The fourth-order valence-corrected chi connectivity index (χ4v) is 5.00. The largest absolute Gasteiger partial charge is 0.299 e. The molecule has 25 heavy (non-hydrogen) atoms. The second-order valence-corrected chi connectivity index (χ2v) is 7.92. The van der Waals surface area contributed by atoms with Crippen molar-refractivity contribution >= 4 is 5.91 Å². The number of nitrogens with one attached hydrogen (secondary N) is 1. The van der Waals surface area contributed by atoms with Crippen molar-refractivity contribution in [3.05, 3.63) is 34.6 Å². The third kappa shape index (κ3) is 2.67. The molecule has 2 N–H and O–H groups in total. The summed E-state index contributed by atoms with van der Waals surface area (Å²) in [7, 11) is 2.22. The molecule has 136 valence electrons. The minimum atomic E-state index is -0.665. The van der Waals surface area contributed by atoms with Crippen molar-refractivity contribution < 1.29 is 14.4 Å². The molecule has 2 fully saturated rings. The third-order valence-electron chi connectivity index (χ3n) is 6.70. The van der Waals surface area contributed by atoms with E-state index < -0.39 is 5.91 Å². The quantitative estimate of drug-likeness (QED) is 0.647. The van der Waals surface area contributed by atoms with Crippen molar-refractivity contribution in [2.24, 2.45) is 5.92 Å². The summed E-state index contributed by atoms with van der Waals surface area (Å²) in [5.41, 5.74) is 3.68. The first kappa shape index (κ1) is 16.9. The lowest BCUT2D eigenvalue weighted by Crippen LogP contribution is -2.49. The molecule has 1 aromatic carbocycles. The van der Waals surface area contributed by atoms with E-state index in [9.17, 15) is 9.18 Å². The third-order valence-corrected chi connectivity index (χ3v) is 6.70. The lowest BCUT2D eigenvalue weighted by atomic mass is 9.90. The van der Waals surface area contributed by atoms with E-state index in [1.807, 2.05) is 0 Å². The highest BCUT2D eigenvalue weighted by Gasteiger charge is 2.61. The van der Waals surface area contributed by atoms with Crippen LogP contribution in [0.1, 0.15) is 47.7 Å². The zero-order valence-electron chi connectivity index (χ0n) is 14.9. The molecule has 0 radical (unpaired) electrons. The molecule has 0 bridgehead atoms. The molecular formula is C19H26FN3O2. The molecule has 2 unspecified atom stereocenters. The highest BCUT2D eigenvalue weighted by atomic mass is 19.1. The van der Waals surface area contributed by atoms with Gasteiger partial charge in [0.1, 0.15) is 5.82 Å². The number of rotatable bonds is 4. The molecule has 0 spiro atoms. The van der Waals surface area contributed by atoms with E-state index in [1.165, 1.54) is 25.5 Å². The Kier molecular flexibility index (Phi) is 4.09. The molecule has 6 heteroatoms. The second-order valence-electron chi connectivity index (χ2n) is 7.92. The molecule has 4 rings (SSSR count). The van der Waals surface area contributed by atoms with Crippen LogP contribution in [0.3, 0.4) is 0 Å². The maximum Gasteiger partial charge on any atom is 0.274 e. The number of halogens is 1.